The van der Waals surface area contributed by atoms with E-state index in [4.69, 9.17) is 33.5 Å². The normalized spacial score (nSPS) is 20.0. The molecule has 0 aliphatic carbocycles. The molecule has 5 atom stereocenters. The van der Waals surface area contributed by atoms with E-state index in [9.17, 15) is 68.7 Å². The number of carboxylic acid groups (broad SMARTS) is 3. The van der Waals surface area contributed by atoms with Gasteiger partial charge in [0.2, 0.25) is 18.1 Å². The summed E-state index contributed by atoms with van der Waals surface area (Å²) < 4.78 is 32.5. The number of aliphatic hydroxyl groups is 3. The Morgan fingerprint density at radius 2 is 1.48 bits per heavy atom. The highest BCUT2D eigenvalue weighted by atomic mass is 32.1. The highest BCUT2D eigenvalue weighted by molar-refractivity contribution is 7.17. The third kappa shape index (κ3) is 14.2. The molecule has 0 radical (unpaired) electrons. The molecule has 0 saturated carbocycles. The Morgan fingerprint density at radius 1 is 0.806 bits per heavy atom. The molecule has 364 valence electrons. The van der Waals surface area contributed by atoms with Crippen LogP contribution in [0, 0.1) is 0 Å². The Balaban J connectivity index is 1.10. The number of nitrogens with one attached hydrogen (secondary N) is 3. The fourth-order valence-corrected chi connectivity index (χ4v) is 7.79. The number of rotatable bonds is 23. The van der Waals surface area contributed by atoms with Gasteiger partial charge < -0.3 is 79.9 Å². The van der Waals surface area contributed by atoms with E-state index in [0.29, 0.717) is 10.4 Å². The van der Waals surface area contributed by atoms with E-state index in [1.807, 2.05) is 0 Å². The van der Waals surface area contributed by atoms with Gasteiger partial charge in [-0.05, 0) is 29.7 Å². The van der Waals surface area contributed by atoms with Crippen molar-refractivity contribution >= 4 is 75.6 Å². The molecule has 1 aromatic heterocycles. The SMILES string of the molecule is O=C(CCOCCOCCOCCN1C(=O)C=CC1=O)NCCC(=O)Nc1cc(COC(=O)N2CCc3c(sc(NC(=O)C(=O)O)c3C(=O)O)C2)ccc1O[C@@H]1O[C@H](C(=O)O)[C@@H](O)[C@H](O)[C@H]1O. The summed E-state index contributed by atoms with van der Waals surface area (Å²) in [5.74, 6) is -8.45. The quantitative estimate of drug-likeness (QED) is 0.0338. The average molecular weight is 966 g/mol. The number of hydrogen-bond donors (Lipinski definition) is 9. The van der Waals surface area contributed by atoms with Gasteiger partial charge in [0.05, 0.1) is 64.0 Å². The Bertz CT molecular complexity index is 2210. The lowest BCUT2D eigenvalue weighted by Crippen LogP contribution is -2.61. The van der Waals surface area contributed by atoms with Crippen LogP contribution in [0.2, 0.25) is 0 Å². The van der Waals surface area contributed by atoms with Crippen molar-refractivity contribution in [1.29, 1.82) is 0 Å². The number of nitrogens with zero attached hydrogens (tertiary/aromatic N) is 2. The zero-order valence-electron chi connectivity index (χ0n) is 35.3. The molecule has 1 fully saturated rings. The van der Waals surface area contributed by atoms with Crippen molar-refractivity contribution in [2.75, 3.05) is 69.9 Å². The Kier molecular flexibility index (Phi) is 18.6. The van der Waals surface area contributed by atoms with Crippen molar-refractivity contribution in [3.8, 4) is 5.75 Å². The summed E-state index contributed by atoms with van der Waals surface area (Å²) in [6.07, 6.45) is -8.60. The number of hydrogen-bond acceptors (Lipinski definition) is 19. The predicted octanol–water partition coefficient (Wildman–Crippen LogP) is -1.75. The fraction of sp³-hybridized carbons (Fsp3) is 0.475. The molecule has 0 unspecified atom stereocenters. The van der Waals surface area contributed by atoms with Gasteiger partial charge in [0.15, 0.2) is 6.10 Å². The van der Waals surface area contributed by atoms with Gasteiger partial charge in [-0.3, -0.25) is 28.9 Å². The van der Waals surface area contributed by atoms with Crippen LogP contribution in [0.3, 0.4) is 0 Å². The van der Waals surface area contributed by atoms with Crippen molar-refractivity contribution in [2.45, 2.75) is 63.1 Å². The first kappa shape index (κ1) is 51.4. The summed E-state index contributed by atoms with van der Waals surface area (Å²) in [6.45, 7) is 0.472. The molecule has 3 aliphatic rings. The number of carbonyl (C=O) groups excluding carboxylic acids is 6. The summed E-state index contributed by atoms with van der Waals surface area (Å²) in [5.41, 5.74) is 0.182. The second-order valence-electron chi connectivity index (χ2n) is 14.6. The number of amides is 6. The van der Waals surface area contributed by atoms with Crippen molar-refractivity contribution < 1.29 is 102 Å². The number of aliphatic carboxylic acids is 2. The standard InChI is InChI=1S/C40H47N5O21S/c46-25(7-11-61-13-15-63-16-14-62-12-10-45-27(48)3-4-28(45)49)41-8-5-26(47)42-22-17-20(1-2-23(22)65-39-32(52)30(50)31(51)33(66-39)37(56)57)19-64-40(60)44-9-6-21-24(18-44)67-35(29(21)36(54)55)43-34(53)38(58)59/h1-4,17,30-33,39,50-52H,5-16,18-19H2,(H,41,46)(H,42,47)(H,43,53)(H,54,55)(H,56,57)(H,58,59)/t30-,31-,32+,33-,39+/m0/s1. The number of aromatic carboxylic acids is 1. The molecule has 5 rings (SSSR count). The third-order valence-corrected chi connectivity index (χ3v) is 11.1. The van der Waals surface area contributed by atoms with Crippen LogP contribution in [0.15, 0.2) is 30.4 Å². The molecule has 2 aromatic rings. The van der Waals surface area contributed by atoms with Crippen molar-refractivity contribution in [3.63, 3.8) is 0 Å². The minimum atomic E-state index is -2.01. The molecule has 9 N–H and O–H groups in total. The maximum absolute atomic E-state index is 13.2. The van der Waals surface area contributed by atoms with E-state index in [1.165, 1.54) is 35.3 Å². The van der Waals surface area contributed by atoms with E-state index in [2.05, 4.69) is 16.0 Å². The molecule has 67 heavy (non-hydrogen) atoms. The number of carboxylic acids is 3. The second kappa shape index (κ2) is 24.3. The van der Waals surface area contributed by atoms with Crippen LogP contribution in [-0.4, -0.2) is 184 Å². The summed E-state index contributed by atoms with van der Waals surface area (Å²) >= 11 is 0.795. The van der Waals surface area contributed by atoms with E-state index in [1.54, 1.807) is 0 Å². The van der Waals surface area contributed by atoms with E-state index in [-0.39, 0.29) is 113 Å². The molecule has 4 heterocycles. The number of benzene rings is 1. The third-order valence-electron chi connectivity index (χ3n) is 9.94. The Hall–Kier alpha value is -6.59. The molecule has 1 saturated heterocycles. The number of imide groups is 1. The van der Waals surface area contributed by atoms with Crippen molar-refractivity contribution in [3.05, 3.63) is 51.9 Å². The second-order valence-corrected chi connectivity index (χ2v) is 15.7. The number of fused-ring (bicyclic) bond motifs is 1. The minimum Gasteiger partial charge on any atom is -0.479 e. The molecule has 26 nitrogen and oxygen atoms in total. The largest absolute Gasteiger partial charge is 0.479 e. The van der Waals surface area contributed by atoms with Gasteiger partial charge in [0, 0.05) is 43.0 Å². The number of thiophene rings is 1. The van der Waals surface area contributed by atoms with Gasteiger partial charge in [0.1, 0.15) is 35.7 Å². The Labute approximate surface area is 382 Å². The number of aliphatic hydroxyl groups excluding tert-OH is 3. The van der Waals surface area contributed by atoms with Crippen LogP contribution in [-0.2, 0) is 76.8 Å². The van der Waals surface area contributed by atoms with E-state index >= 15 is 0 Å². The van der Waals surface area contributed by atoms with Crippen molar-refractivity contribution in [1.82, 2.24) is 15.1 Å². The van der Waals surface area contributed by atoms with Gasteiger partial charge >= 0.3 is 29.9 Å². The maximum atomic E-state index is 13.2. The topological polar surface area (TPSA) is 373 Å². The van der Waals surface area contributed by atoms with Crippen LogP contribution in [0.5, 0.6) is 5.75 Å². The van der Waals surface area contributed by atoms with Crippen LogP contribution in [0.4, 0.5) is 15.5 Å². The summed E-state index contributed by atoms with van der Waals surface area (Å²) in [7, 11) is 0. The van der Waals surface area contributed by atoms with Crippen LogP contribution < -0.4 is 20.7 Å². The summed E-state index contributed by atoms with van der Waals surface area (Å²) in [4.78, 5) is 111. The number of carbonyl (C=O) groups is 9. The fourth-order valence-electron chi connectivity index (χ4n) is 6.54. The highest BCUT2D eigenvalue weighted by Gasteiger charge is 2.48. The zero-order chi connectivity index (χ0) is 48.8. The Morgan fingerprint density at radius 3 is 2.13 bits per heavy atom. The summed E-state index contributed by atoms with van der Waals surface area (Å²) in [5, 5.41) is 66.1. The van der Waals surface area contributed by atoms with Gasteiger partial charge in [-0.25, -0.2) is 19.2 Å². The van der Waals surface area contributed by atoms with Crippen LogP contribution in [0.1, 0.15) is 39.2 Å². The van der Waals surface area contributed by atoms with Gasteiger partial charge in [0.25, 0.3) is 11.8 Å². The minimum absolute atomic E-state index is 0.00305. The molecular weight excluding hydrogens is 919 g/mol. The van der Waals surface area contributed by atoms with Crippen LogP contribution >= 0.6 is 11.3 Å². The number of ether oxygens (including phenoxy) is 6. The monoisotopic (exact) mass is 965 g/mol. The average Bonchev–Trinajstić information content (AvgIpc) is 3.81. The lowest BCUT2D eigenvalue weighted by molar-refractivity contribution is -0.271. The molecule has 6 amide bonds. The van der Waals surface area contributed by atoms with E-state index < -0.39 is 90.8 Å². The molecule has 1 aromatic carbocycles. The lowest BCUT2D eigenvalue weighted by atomic mass is 9.99. The van der Waals surface area contributed by atoms with Gasteiger partial charge in [-0.1, -0.05) is 6.07 Å². The first-order valence-corrected chi connectivity index (χ1v) is 21.2. The maximum Gasteiger partial charge on any atom is 0.410 e. The lowest BCUT2D eigenvalue weighted by Gasteiger charge is -2.38. The number of anilines is 2. The van der Waals surface area contributed by atoms with Gasteiger partial charge in [-0.2, -0.15) is 0 Å². The molecule has 0 bridgehead atoms. The van der Waals surface area contributed by atoms with E-state index in [0.717, 1.165) is 16.2 Å². The van der Waals surface area contributed by atoms with Gasteiger partial charge in [-0.15, -0.1) is 11.3 Å². The highest BCUT2D eigenvalue weighted by Crippen LogP contribution is 2.38. The van der Waals surface area contributed by atoms with Crippen LogP contribution in [0.25, 0.3) is 0 Å². The smallest absolute Gasteiger partial charge is 0.410 e. The summed E-state index contributed by atoms with van der Waals surface area (Å²) in [6, 6.07) is 3.95. The molecule has 3 aliphatic heterocycles. The molecular formula is C40H47N5O21S. The van der Waals surface area contributed by atoms with Crippen molar-refractivity contribution in [2.24, 2.45) is 0 Å². The predicted molar refractivity (Wildman–Crippen MR) is 222 cm³/mol. The molecule has 0 spiro atoms. The first-order chi connectivity index (χ1) is 31.9. The molecule has 27 heteroatoms. The first-order valence-electron chi connectivity index (χ1n) is 20.3. The zero-order valence-corrected chi connectivity index (χ0v) is 36.1.